The lowest BCUT2D eigenvalue weighted by atomic mass is 9.97. The van der Waals surface area contributed by atoms with Gasteiger partial charge in [-0.1, -0.05) is 0 Å². The fourth-order valence-electron chi connectivity index (χ4n) is 2.94. The maximum absolute atomic E-state index is 10.1. The summed E-state index contributed by atoms with van der Waals surface area (Å²) in [4.78, 5) is 0. The molecule has 0 aromatic carbocycles. The van der Waals surface area contributed by atoms with Crippen LogP contribution in [-0.2, 0) is 23.7 Å². The Hall–Kier alpha value is -0.400. The van der Waals surface area contributed by atoms with Crippen LogP contribution in [0.3, 0.4) is 0 Å². The van der Waals surface area contributed by atoms with Crippen molar-refractivity contribution in [2.24, 2.45) is 0 Å². The van der Waals surface area contributed by atoms with Crippen LogP contribution in [0.25, 0.3) is 0 Å². The Morgan fingerprint density at radius 1 is 0.958 bits per heavy atom. The van der Waals surface area contributed by atoms with Gasteiger partial charge in [0, 0.05) is 14.2 Å². The van der Waals surface area contributed by atoms with Crippen molar-refractivity contribution in [1.29, 1.82) is 0 Å². The number of ether oxygens (including phenoxy) is 5. The summed E-state index contributed by atoms with van der Waals surface area (Å²) in [5, 5.41) is 49.4. The Kier molecular flexibility index (Phi) is 7.31. The summed E-state index contributed by atoms with van der Waals surface area (Å²) in [5.41, 5.74) is 0. The molecule has 0 aromatic heterocycles. The maximum Gasteiger partial charge on any atom is 0.187 e. The normalized spacial score (nSPS) is 46.9. The minimum absolute atomic E-state index is 0.0221. The van der Waals surface area contributed by atoms with Crippen molar-refractivity contribution in [3.8, 4) is 0 Å². The van der Waals surface area contributed by atoms with Crippen LogP contribution in [-0.4, -0.2) is 115 Å². The van der Waals surface area contributed by atoms with E-state index in [2.05, 4.69) is 0 Å². The van der Waals surface area contributed by atoms with Crippen molar-refractivity contribution in [2.75, 3.05) is 34.0 Å². The van der Waals surface area contributed by atoms with E-state index in [0.717, 1.165) is 0 Å². The topological polar surface area (TPSA) is 147 Å². The SMILES string of the molecule is COC[C@H]1O[C@@H](O[C@@H]2[C@H](OC)[C@@H](O)CO[C@@H]2CO)[C@H](O)[C@@H](O)[C@H]1O. The third-order valence-corrected chi connectivity index (χ3v) is 4.29. The van der Waals surface area contributed by atoms with Crippen LogP contribution in [0.5, 0.6) is 0 Å². The van der Waals surface area contributed by atoms with Crippen molar-refractivity contribution >= 4 is 0 Å². The van der Waals surface area contributed by atoms with E-state index in [1.165, 1.54) is 14.2 Å². The van der Waals surface area contributed by atoms with Gasteiger partial charge in [0.05, 0.1) is 19.8 Å². The van der Waals surface area contributed by atoms with Crippen LogP contribution in [0.4, 0.5) is 0 Å². The summed E-state index contributed by atoms with van der Waals surface area (Å²) in [6.07, 6.45) is -10.2. The van der Waals surface area contributed by atoms with Gasteiger partial charge in [0.1, 0.15) is 48.8 Å². The minimum atomic E-state index is -1.54. The largest absolute Gasteiger partial charge is 0.394 e. The van der Waals surface area contributed by atoms with E-state index in [0.29, 0.717) is 0 Å². The molecular formula is C14H26O10. The molecule has 0 aromatic rings. The summed E-state index contributed by atoms with van der Waals surface area (Å²) in [6, 6.07) is 0. The second kappa shape index (κ2) is 8.81. The van der Waals surface area contributed by atoms with Gasteiger partial charge >= 0.3 is 0 Å². The minimum Gasteiger partial charge on any atom is -0.394 e. The highest BCUT2D eigenvalue weighted by Gasteiger charge is 2.48. The second-order valence-corrected chi connectivity index (χ2v) is 5.89. The fourth-order valence-corrected chi connectivity index (χ4v) is 2.94. The molecule has 2 fully saturated rings. The molecule has 5 N–H and O–H groups in total. The number of aliphatic hydroxyl groups is 5. The molecule has 0 unspecified atom stereocenters. The van der Waals surface area contributed by atoms with Crippen molar-refractivity contribution in [2.45, 2.75) is 55.1 Å². The average Bonchev–Trinajstić information content (AvgIpc) is 2.57. The lowest BCUT2D eigenvalue weighted by molar-refractivity contribution is -0.338. The Balaban J connectivity index is 2.13. The Bertz CT molecular complexity index is 383. The first-order valence-electron chi connectivity index (χ1n) is 7.72. The molecule has 0 bridgehead atoms. The van der Waals surface area contributed by atoms with Crippen molar-refractivity contribution in [1.82, 2.24) is 0 Å². The summed E-state index contributed by atoms with van der Waals surface area (Å²) in [5.74, 6) is 0. The first-order chi connectivity index (χ1) is 11.4. The molecule has 0 saturated carbocycles. The molecule has 24 heavy (non-hydrogen) atoms. The highest BCUT2D eigenvalue weighted by Crippen LogP contribution is 2.28. The molecule has 0 amide bonds. The van der Waals surface area contributed by atoms with Crippen molar-refractivity contribution in [3.63, 3.8) is 0 Å². The first-order valence-corrected chi connectivity index (χ1v) is 7.72. The number of aliphatic hydroxyl groups excluding tert-OH is 5. The van der Waals surface area contributed by atoms with Gasteiger partial charge in [0.25, 0.3) is 0 Å². The van der Waals surface area contributed by atoms with Gasteiger partial charge < -0.3 is 49.2 Å². The van der Waals surface area contributed by atoms with E-state index < -0.39 is 61.7 Å². The molecule has 2 aliphatic rings. The van der Waals surface area contributed by atoms with E-state index in [-0.39, 0.29) is 13.2 Å². The predicted octanol–water partition coefficient (Wildman–Crippen LogP) is -3.41. The standard InChI is InChI=1S/C14H26O10/c1-20-5-8-9(17)10(18)11(19)14(23-8)24-13-7(3-15)22-4-6(16)12(13)21-2/h6-19H,3-5H2,1-2H3/t6-,7+,8+,9-,10-,11+,12+,13-,14-/m0/s1. The molecule has 142 valence electrons. The number of hydrogen-bond acceptors (Lipinski definition) is 10. The lowest BCUT2D eigenvalue weighted by Crippen LogP contribution is -2.63. The number of methoxy groups -OCH3 is 2. The number of hydrogen-bond donors (Lipinski definition) is 5. The predicted molar refractivity (Wildman–Crippen MR) is 77.1 cm³/mol. The third kappa shape index (κ3) is 4.05. The highest BCUT2D eigenvalue weighted by molar-refractivity contribution is 4.93. The van der Waals surface area contributed by atoms with Gasteiger partial charge in [0.15, 0.2) is 6.29 Å². The Morgan fingerprint density at radius 2 is 1.67 bits per heavy atom. The first kappa shape index (κ1) is 19.9. The van der Waals surface area contributed by atoms with E-state index in [1.54, 1.807) is 0 Å². The van der Waals surface area contributed by atoms with Gasteiger partial charge in [-0.3, -0.25) is 0 Å². The van der Waals surface area contributed by atoms with Crippen LogP contribution < -0.4 is 0 Å². The van der Waals surface area contributed by atoms with E-state index in [9.17, 15) is 25.5 Å². The molecule has 0 spiro atoms. The van der Waals surface area contributed by atoms with E-state index >= 15 is 0 Å². The van der Waals surface area contributed by atoms with Crippen LogP contribution in [0, 0.1) is 0 Å². The molecule has 10 nitrogen and oxygen atoms in total. The molecular weight excluding hydrogens is 328 g/mol. The smallest absolute Gasteiger partial charge is 0.187 e. The van der Waals surface area contributed by atoms with Gasteiger partial charge in [-0.2, -0.15) is 0 Å². The zero-order valence-corrected chi connectivity index (χ0v) is 13.6. The Morgan fingerprint density at radius 3 is 2.25 bits per heavy atom. The monoisotopic (exact) mass is 354 g/mol. The molecule has 2 heterocycles. The van der Waals surface area contributed by atoms with Gasteiger partial charge in [0.2, 0.25) is 0 Å². The van der Waals surface area contributed by atoms with Crippen molar-refractivity contribution < 1.29 is 49.2 Å². The molecule has 9 atom stereocenters. The number of rotatable bonds is 6. The molecule has 0 aliphatic carbocycles. The molecule has 2 saturated heterocycles. The fraction of sp³-hybridized carbons (Fsp3) is 1.00. The van der Waals surface area contributed by atoms with Gasteiger partial charge in [-0.25, -0.2) is 0 Å². The molecule has 2 rings (SSSR count). The second-order valence-electron chi connectivity index (χ2n) is 5.89. The summed E-state index contributed by atoms with van der Waals surface area (Å²) in [7, 11) is 2.77. The van der Waals surface area contributed by atoms with Gasteiger partial charge in [-0.05, 0) is 0 Å². The van der Waals surface area contributed by atoms with Crippen molar-refractivity contribution in [3.05, 3.63) is 0 Å². The van der Waals surface area contributed by atoms with Crippen LogP contribution in [0.1, 0.15) is 0 Å². The highest BCUT2D eigenvalue weighted by atomic mass is 16.7. The molecule has 10 heteroatoms. The van der Waals surface area contributed by atoms with Gasteiger partial charge in [-0.15, -0.1) is 0 Å². The molecule has 2 aliphatic heterocycles. The zero-order chi connectivity index (χ0) is 17.9. The van der Waals surface area contributed by atoms with Crippen LogP contribution in [0.2, 0.25) is 0 Å². The third-order valence-electron chi connectivity index (χ3n) is 4.29. The zero-order valence-electron chi connectivity index (χ0n) is 13.6. The quantitative estimate of drug-likeness (QED) is 0.327. The summed E-state index contributed by atoms with van der Waals surface area (Å²) in [6.45, 7) is -0.455. The maximum atomic E-state index is 10.1. The summed E-state index contributed by atoms with van der Waals surface area (Å²) >= 11 is 0. The lowest BCUT2D eigenvalue weighted by Gasteiger charge is -2.45. The molecule has 0 radical (unpaired) electrons. The average molecular weight is 354 g/mol. The van der Waals surface area contributed by atoms with Crippen LogP contribution in [0.15, 0.2) is 0 Å². The Labute approximate surface area is 139 Å². The van der Waals surface area contributed by atoms with E-state index in [4.69, 9.17) is 23.7 Å². The summed E-state index contributed by atoms with van der Waals surface area (Å²) < 4.78 is 26.5. The van der Waals surface area contributed by atoms with Crippen LogP contribution >= 0.6 is 0 Å². The van der Waals surface area contributed by atoms with E-state index in [1.807, 2.05) is 0 Å².